The van der Waals surface area contributed by atoms with Crippen molar-refractivity contribution in [3.63, 3.8) is 0 Å². The Morgan fingerprint density at radius 1 is 1.67 bits per heavy atom. The molecule has 1 atom stereocenters. The van der Waals surface area contributed by atoms with Crippen LogP contribution in [0.25, 0.3) is 0 Å². The molecule has 1 unspecified atom stereocenters. The Morgan fingerprint density at radius 2 is 2.47 bits per heavy atom. The summed E-state index contributed by atoms with van der Waals surface area (Å²) in [6, 6.07) is 0.783. The molecule has 0 aliphatic heterocycles. The summed E-state index contributed by atoms with van der Waals surface area (Å²) in [6.07, 6.45) is 7.89. The van der Waals surface area contributed by atoms with Crippen LogP contribution in [0.15, 0.2) is 12.4 Å². The number of hydrogen-bond donors (Lipinski definition) is 2. The van der Waals surface area contributed by atoms with Crippen molar-refractivity contribution in [3.05, 3.63) is 18.0 Å². The zero-order valence-corrected chi connectivity index (χ0v) is 9.19. The average molecular weight is 209 g/mol. The summed E-state index contributed by atoms with van der Waals surface area (Å²) in [7, 11) is 0. The molecule has 1 aromatic heterocycles. The van der Waals surface area contributed by atoms with Crippen molar-refractivity contribution >= 4 is 0 Å². The molecule has 0 bridgehead atoms. The summed E-state index contributed by atoms with van der Waals surface area (Å²) >= 11 is 0. The van der Waals surface area contributed by atoms with Crippen molar-refractivity contribution in [1.82, 2.24) is 15.1 Å². The van der Waals surface area contributed by atoms with Gasteiger partial charge in [-0.15, -0.1) is 0 Å². The summed E-state index contributed by atoms with van der Waals surface area (Å²) in [6.45, 7) is 2.93. The molecule has 2 rings (SSSR count). The van der Waals surface area contributed by atoms with Gasteiger partial charge >= 0.3 is 0 Å². The van der Waals surface area contributed by atoms with E-state index in [2.05, 4.69) is 21.3 Å². The Bertz CT molecular complexity index is 307. The smallest absolute Gasteiger partial charge is 0.0582 e. The fraction of sp³-hybridized carbons (Fsp3) is 0.727. The van der Waals surface area contributed by atoms with Crippen molar-refractivity contribution in [2.45, 2.75) is 44.8 Å². The Kier molecular flexibility index (Phi) is 3.38. The summed E-state index contributed by atoms with van der Waals surface area (Å²) in [5, 5.41) is 16.5. The van der Waals surface area contributed by atoms with Gasteiger partial charge in [-0.1, -0.05) is 0 Å². The molecule has 1 fully saturated rings. The minimum atomic E-state index is 0.150. The molecule has 0 saturated heterocycles. The van der Waals surface area contributed by atoms with E-state index in [0.717, 1.165) is 6.54 Å². The van der Waals surface area contributed by atoms with Crippen molar-refractivity contribution in [3.8, 4) is 0 Å². The molecule has 1 heterocycles. The van der Waals surface area contributed by atoms with E-state index < -0.39 is 0 Å². The van der Waals surface area contributed by atoms with E-state index in [9.17, 15) is 0 Å². The summed E-state index contributed by atoms with van der Waals surface area (Å²) in [5.74, 6) is 0. The minimum absolute atomic E-state index is 0.150. The van der Waals surface area contributed by atoms with Crippen LogP contribution in [-0.2, 0) is 6.54 Å². The lowest BCUT2D eigenvalue weighted by atomic mass is 9.93. The van der Waals surface area contributed by atoms with Crippen molar-refractivity contribution in [2.75, 3.05) is 6.61 Å². The standard InChI is InChI=1S/C11H19N3O/c1-9(8-15)12-5-10-6-13-14(7-10)11-3-2-4-11/h6-7,9,11-12,15H,2-5,8H2,1H3. The molecule has 4 heteroatoms. The fourth-order valence-corrected chi connectivity index (χ4v) is 1.68. The molecule has 0 aromatic carbocycles. The second kappa shape index (κ2) is 4.77. The summed E-state index contributed by atoms with van der Waals surface area (Å²) in [4.78, 5) is 0. The maximum atomic E-state index is 8.87. The van der Waals surface area contributed by atoms with Crippen molar-refractivity contribution in [2.24, 2.45) is 0 Å². The van der Waals surface area contributed by atoms with Gasteiger partial charge in [-0.25, -0.2) is 0 Å². The molecule has 0 radical (unpaired) electrons. The molecule has 4 nitrogen and oxygen atoms in total. The lowest BCUT2D eigenvalue weighted by Gasteiger charge is -2.25. The number of nitrogens with one attached hydrogen (secondary N) is 1. The summed E-state index contributed by atoms with van der Waals surface area (Å²) < 4.78 is 2.07. The molecule has 1 aliphatic rings. The quantitative estimate of drug-likeness (QED) is 0.763. The zero-order valence-electron chi connectivity index (χ0n) is 9.19. The van der Waals surface area contributed by atoms with Gasteiger partial charge in [-0.05, 0) is 26.2 Å². The van der Waals surface area contributed by atoms with Crippen LogP contribution < -0.4 is 5.32 Å². The highest BCUT2D eigenvalue weighted by molar-refractivity contribution is 5.04. The molecule has 1 aliphatic carbocycles. The van der Waals surface area contributed by atoms with Crippen LogP contribution >= 0.6 is 0 Å². The Hall–Kier alpha value is -0.870. The van der Waals surface area contributed by atoms with E-state index in [1.165, 1.54) is 24.8 Å². The lowest BCUT2D eigenvalue weighted by molar-refractivity contribution is 0.251. The molecule has 84 valence electrons. The molecule has 0 spiro atoms. The van der Waals surface area contributed by atoms with Gasteiger partial charge in [-0.3, -0.25) is 4.68 Å². The number of rotatable bonds is 5. The predicted molar refractivity (Wildman–Crippen MR) is 58.5 cm³/mol. The molecule has 1 aromatic rings. The fourth-order valence-electron chi connectivity index (χ4n) is 1.68. The molecular formula is C11H19N3O. The maximum absolute atomic E-state index is 8.87. The molecule has 15 heavy (non-hydrogen) atoms. The largest absolute Gasteiger partial charge is 0.395 e. The third kappa shape index (κ3) is 2.58. The average Bonchev–Trinajstić information content (AvgIpc) is 2.60. The van der Waals surface area contributed by atoms with Gasteiger partial charge in [0.05, 0.1) is 18.8 Å². The topological polar surface area (TPSA) is 50.1 Å². The lowest BCUT2D eigenvalue weighted by Crippen LogP contribution is -2.28. The first-order valence-electron chi connectivity index (χ1n) is 5.67. The highest BCUT2D eigenvalue weighted by atomic mass is 16.3. The first-order valence-corrected chi connectivity index (χ1v) is 5.67. The van der Waals surface area contributed by atoms with Gasteiger partial charge in [0.15, 0.2) is 0 Å². The number of hydrogen-bond acceptors (Lipinski definition) is 3. The van der Waals surface area contributed by atoms with Crippen LogP contribution in [0.1, 0.15) is 37.8 Å². The Balaban J connectivity index is 1.84. The Labute approximate surface area is 90.3 Å². The summed E-state index contributed by atoms with van der Waals surface area (Å²) in [5.41, 5.74) is 1.20. The number of nitrogens with zero attached hydrogens (tertiary/aromatic N) is 2. The van der Waals surface area contributed by atoms with Crippen LogP contribution in [0.4, 0.5) is 0 Å². The number of aromatic nitrogens is 2. The minimum Gasteiger partial charge on any atom is -0.395 e. The van der Waals surface area contributed by atoms with Crippen molar-refractivity contribution < 1.29 is 5.11 Å². The van der Waals surface area contributed by atoms with Crippen LogP contribution in [0, 0.1) is 0 Å². The van der Waals surface area contributed by atoms with Gasteiger partial charge in [0, 0.05) is 24.3 Å². The van der Waals surface area contributed by atoms with E-state index in [4.69, 9.17) is 5.11 Å². The van der Waals surface area contributed by atoms with E-state index in [1.54, 1.807) is 0 Å². The first-order chi connectivity index (χ1) is 7.29. The second-order valence-electron chi connectivity index (χ2n) is 4.38. The number of aliphatic hydroxyl groups excluding tert-OH is 1. The van der Waals surface area contributed by atoms with Crippen LogP contribution in [0.5, 0.6) is 0 Å². The van der Waals surface area contributed by atoms with Crippen LogP contribution in [0.2, 0.25) is 0 Å². The molecular weight excluding hydrogens is 190 g/mol. The third-order valence-electron chi connectivity index (χ3n) is 3.03. The molecule has 0 amide bonds. The van der Waals surface area contributed by atoms with E-state index in [-0.39, 0.29) is 12.6 Å². The second-order valence-corrected chi connectivity index (χ2v) is 4.38. The van der Waals surface area contributed by atoms with E-state index in [1.807, 2.05) is 13.1 Å². The van der Waals surface area contributed by atoms with Gasteiger partial charge < -0.3 is 10.4 Å². The van der Waals surface area contributed by atoms with Crippen molar-refractivity contribution in [1.29, 1.82) is 0 Å². The monoisotopic (exact) mass is 209 g/mol. The SMILES string of the molecule is CC(CO)NCc1cnn(C2CCC2)c1. The van der Waals surface area contributed by atoms with Gasteiger partial charge in [0.1, 0.15) is 0 Å². The van der Waals surface area contributed by atoms with E-state index >= 15 is 0 Å². The van der Waals surface area contributed by atoms with E-state index in [0.29, 0.717) is 6.04 Å². The molecule has 1 saturated carbocycles. The van der Waals surface area contributed by atoms with Gasteiger partial charge in [0.25, 0.3) is 0 Å². The number of aliphatic hydroxyl groups is 1. The Morgan fingerprint density at radius 3 is 3.07 bits per heavy atom. The third-order valence-corrected chi connectivity index (χ3v) is 3.03. The van der Waals surface area contributed by atoms with Crippen LogP contribution in [0.3, 0.4) is 0 Å². The zero-order chi connectivity index (χ0) is 10.7. The maximum Gasteiger partial charge on any atom is 0.0582 e. The first kappa shape index (κ1) is 10.6. The molecule has 2 N–H and O–H groups in total. The van der Waals surface area contributed by atoms with Crippen LogP contribution in [-0.4, -0.2) is 27.5 Å². The highest BCUT2D eigenvalue weighted by Gasteiger charge is 2.19. The van der Waals surface area contributed by atoms with Gasteiger partial charge in [0.2, 0.25) is 0 Å². The normalized spacial score (nSPS) is 18.8. The van der Waals surface area contributed by atoms with Gasteiger partial charge in [-0.2, -0.15) is 5.10 Å². The highest BCUT2D eigenvalue weighted by Crippen LogP contribution is 2.30. The predicted octanol–water partition coefficient (Wildman–Crippen LogP) is 1.08.